The monoisotopic (exact) mass is 298 g/mol. The molecule has 1 atom stereocenters. The van der Waals surface area contributed by atoms with Gasteiger partial charge in [-0.15, -0.1) is 0 Å². The zero-order valence-electron chi connectivity index (χ0n) is 12.7. The van der Waals surface area contributed by atoms with Crippen LogP contribution in [0.5, 0.6) is 0 Å². The van der Waals surface area contributed by atoms with Gasteiger partial charge in [-0.05, 0) is 31.0 Å². The van der Waals surface area contributed by atoms with E-state index in [0.29, 0.717) is 31.4 Å². The van der Waals surface area contributed by atoms with Crippen LogP contribution in [-0.2, 0) is 14.3 Å². The predicted molar refractivity (Wildman–Crippen MR) is 80.5 cm³/mol. The Bertz CT molecular complexity index is 466. The Balaban J connectivity index is 2.35. The zero-order chi connectivity index (χ0) is 15.8. The molecular formula is C15H23FN2O3. The molecule has 0 heterocycles. The van der Waals surface area contributed by atoms with Gasteiger partial charge in [0.25, 0.3) is 5.91 Å². The van der Waals surface area contributed by atoms with E-state index in [1.54, 1.807) is 6.92 Å². The van der Waals surface area contributed by atoms with Gasteiger partial charge in [-0.2, -0.15) is 0 Å². The van der Waals surface area contributed by atoms with E-state index in [0.717, 1.165) is 0 Å². The summed E-state index contributed by atoms with van der Waals surface area (Å²) in [5.74, 6) is -0.509. The predicted octanol–water partition coefficient (Wildman–Crippen LogP) is 2.42. The molecule has 21 heavy (non-hydrogen) atoms. The standard InChI is InChI=1S/C15H23FN2O3/c1-10(2)9-20-6-7-21-11(3)15(19)18-14-8-12(17)4-5-13(14)16/h4-5,8,10-11H,6-7,9,17H2,1-3H3,(H,18,19). The second kappa shape index (κ2) is 8.59. The summed E-state index contributed by atoms with van der Waals surface area (Å²) < 4.78 is 24.2. The van der Waals surface area contributed by atoms with Crippen LogP contribution in [0.3, 0.4) is 0 Å². The number of hydrogen-bond donors (Lipinski definition) is 2. The molecule has 0 aliphatic heterocycles. The number of amides is 1. The van der Waals surface area contributed by atoms with Crippen molar-refractivity contribution >= 4 is 17.3 Å². The lowest BCUT2D eigenvalue weighted by atomic mass is 10.2. The third kappa shape index (κ3) is 6.55. The van der Waals surface area contributed by atoms with Crippen molar-refractivity contribution in [1.29, 1.82) is 0 Å². The van der Waals surface area contributed by atoms with Crippen molar-refractivity contribution in [2.24, 2.45) is 5.92 Å². The fraction of sp³-hybridized carbons (Fsp3) is 0.533. The number of anilines is 2. The number of carbonyl (C=O) groups excluding carboxylic acids is 1. The van der Waals surface area contributed by atoms with Crippen molar-refractivity contribution < 1.29 is 18.7 Å². The minimum atomic E-state index is -0.700. The number of hydrogen-bond acceptors (Lipinski definition) is 4. The maximum Gasteiger partial charge on any atom is 0.253 e. The fourth-order valence-electron chi connectivity index (χ4n) is 1.55. The largest absolute Gasteiger partial charge is 0.399 e. The lowest BCUT2D eigenvalue weighted by Gasteiger charge is -2.14. The molecule has 5 nitrogen and oxygen atoms in total. The molecule has 1 aromatic rings. The molecule has 1 unspecified atom stereocenters. The Labute approximate surface area is 124 Å². The molecule has 0 fully saturated rings. The molecule has 0 aliphatic carbocycles. The van der Waals surface area contributed by atoms with Crippen molar-refractivity contribution in [3.8, 4) is 0 Å². The van der Waals surface area contributed by atoms with Gasteiger partial charge in [0.15, 0.2) is 0 Å². The van der Waals surface area contributed by atoms with E-state index >= 15 is 0 Å². The molecule has 1 amide bonds. The Morgan fingerprint density at radius 3 is 2.71 bits per heavy atom. The van der Waals surface area contributed by atoms with Crippen molar-refractivity contribution in [3.63, 3.8) is 0 Å². The van der Waals surface area contributed by atoms with Crippen LogP contribution in [0.1, 0.15) is 20.8 Å². The minimum absolute atomic E-state index is 0.0477. The molecule has 118 valence electrons. The van der Waals surface area contributed by atoms with Crippen LogP contribution in [0, 0.1) is 11.7 Å². The SMILES string of the molecule is CC(C)COCCOC(C)C(=O)Nc1cc(N)ccc1F. The van der Waals surface area contributed by atoms with Crippen LogP contribution in [-0.4, -0.2) is 31.8 Å². The molecule has 0 bridgehead atoms. The molecule has 1 rings (SSSR count). The summed E-state index contributed by atoms with van der Waals surface area (Å²) in [6.45, 7) is 7.08. The van der Waals surface area contributed by atoms with Crippen molar-refractivity contribution in [2.45, 2.75) is 26.9 Å². The lowest BCUT2D eigenvalue weighted by molar-refractivity contribution is -0.127. The summed E-state index contributed by atoms with van der Waals surface area (Å²) in [5, 5.41) is 2.45. The molecular weight excluding hydrogens is 275 g/mol. The topological polar surface area (TPSA) is 73.6 Å². The number of nitrogens with two attached hydrogens (primary N) is 1. The zero-order valence-corrected chi connectivity index (χ0v) is 12.7. The Hall–Kier alpha value is -1.66. The van der Waals surface area contributed by atoms with Gasteiger partial charge in [-0.25, -0.2) is 4.39 Å². The van der Waals surface area contributed by atoms with Gasteiger partial charge in [0, 0.05) is 12.3 Å². The van der Waals surface area contributed by atoms with Crippen LogP contribution in [0.4, 0.5) is 15.8 Å². The minimum Gasteiger partial charge on any atom is -0.399 e. The summed E-state index contributed by atoms with van der Waals surface area (Å²) in [4.78, 5) is 11.9. The summed E-state index contributed by atoms with van der Waals surface area (Å²) in [6, 6.07) is 4.00. The van der Waals surface area contributed by atoms with E-state index in [-0.39, 0.29) is 5.69 Å². The normalized spacial score (nSPS) is 12.4. The van der Waals surface area contributed by atoms with Crippen LogP contribution < -0.4 is 11.1 Å². The van der Waals surface area contributed by atoms with Crippen LogP contribution >= 0.6 is 0 Å². The first-order valence-electron chi connectivity index (χ1n) is 6.95. The van der Waals surface area contributed by atoms with E-state index in [4.69, 9.17) is 15.2 Å². The summed E-state index contributed by atoms with van der Waals surface area (Å²) >= 11 is 0. The van der Waals surface area contributed by atoms with Crippen molar-refractivity contribution in [1.82, 2.24) is 0 Å². The summed E-state index contributed by atoms with van der Waals surface area (Å²) in [6.07, 6.45) is -0.700. The van der Waals surface area contributed by atoms with Crippen LogP contribution in [0.15, 0.2) is 18.2 Å². The molecule has 1 aromatic carbocycles. The third-order valence-corrected chi connectivity index (χ3v) is 2.66. The Kier molecular flexibility index (Phi) is 7.11. The molecule has 0 spiro atoms. The van der Waals surface area contributed by atoms with Gasteiger partial charge in [-0.3, -0.25) is 4.79 Å². The van der Waals surface area contributed by atoms with Gasteiger partial charge < -0.3 is 20.5 Å². The first-order valence-corrected chi connectivity index (χ1v) is 6.95. The number of rotatable bonds is 8. The molecule has 0 aromatic heterocycles. The van der Waals surface area contributed by atoms with E-state index in [9.17, 15) is 9.18 Å². The number of halogens is 1. The highest BCUT2D eigenvalue weighted by molar-refractivity contribution is 5.94. The highest BCUT2D eigenvalue weighted by atomic mass is 19.1. The average Bonchev–Trinajstić information content (AvgIpc) is 2.41. The summed E-state index contributed by atoms with van der Waals surface area (Å²) in [5.41, 5.74) is 5.98. The molecule has 0 aliphatic rings. The maximum atomic E-state index is 13.5. The second-order valence-corrected chi connectivity index (χ2v) is 5.21. The number of nitrogens with one attached hydrogen (secondary N) is 1. The van der Waals surface area contributed by atoms with Gasteiger partial charge >= 0.3 is 0 Å². The molecule has 3 N–H and O–H groups in total. The number of benzene rings is 1. The highest BCUT2D eigenvalue weighted by Gasteiger charge is 2.15. The smallest absolute Gasteiger partial charge is 0.253 e. The number of nitrogen functional groups attached to an aromatic ring is 1. The third-order valence-electron chi connectivity index (χ3n) is 2.66. The van der Waals surface area contributed by atoms with E-state index in [1.165, 1.54) is 18.2 Å². The van der Waals surface area contributed by atoms with Crippen LogP contribution in [0.2, 0.25) is 0 Å². The van der Waals surface area contributed by atoms with Gasteiger partial charge in [0.2, 0.25) is 0 Å². The molecule has 0 saturated carbocycles. The molecule has 0 saturated heterocycles. The molecule has 6 heteroatoms. The van der Waals surface area contributed by atoms with Crippen molar-refractivity contribution in [2.75, 3.05) is 30.9 Å². The highest BCUT2D eigenvalue weighted by Crippen LogP contribution is 2.17. The first-order chi connectivity index (χ1) is 9.90. The lowest BCUT2D eigenvalue weighted by Crippen LogP contribution is -2.29. The maximum absolute atomic E-state index is 13.5. The number of carbonyl (C=O) groups is 1. The average molecular weight is 298 g/mol. The van der Waals surface area contributed by atoms with Gasteiger partial charge in [0.1, 0.15) is 11.9 Å². The summed E-state index contributed by atoms with van der Waals surface area (Å²) in [7, 11) is 0. The Morgan fingerprint density at radius 1 is 1.33 bits per heavy atom. The van der Waals surface area contributed by atoms with Crippen molar-refractivity contribution in [3.05, 3.63) is 24.0 Å². The fourth-order valence-corrected chi connectivity index (χ4v) is 1.55. The Morgan fingerprint density at radius 2 is 2.05 bits per heavy atom. The number of ether oxygens (including phenoxy) is 2. The second-order valence-electron chi connectivity index (χ2n) is 5.21. The molecule has 0 radical (unpaired) electrons. The van der Waals surface area contributed by atoms with Crippen LogP contribution in [0.25, 0.3) is 0 Å². The first kappa shape index (κ1) is 17.4. The van der Waals surface area contributed by atoms with E-state index in [2.05, 4.69) is 19.2 Å². The quantitative estimate of drug-likeness (QED) is 0.571. The van der Waals surface area contributed by atoms with E-state index in [1.807, 2.05) is 0 Å². The van der Waals surface area contributed by atoms with Gasteiger partial charge in [-0.1, -0.05) is 13.8 Å². The van der Waals surface area contributed by atoms with Gasteiger partial charge in [0.05, 0.1) is 18.9 Å². The van der Waals surface area contributed by atoms with E-state index < -0.39 is 17.8 Å².